The predicted molar refractivity (Wildman–Crippen MR) is 88.9 cm³/mol. The van der Waals surface area contributed by atoms with E-state index in [0.29, 0.717) is 12.0 Å². The Bertz CT molecular complexity index is 728. The highest BCUT2D eigenvalue weighted by Gasteiger charge is 2.37. The van der Waals surface area contributed by atoms with E-state index in [1.807, 2.05) is 12.1 Å². The van der Waals surface area contributed by atoms with Crippen LogP contribution in [0.3, 0.4) is 0 Å². The number of rotatable bonds is 6. The van der Waals surface area contributed by atoms with Crippen LogP contribution in [0.4, 0.5) is 0 Å². The number of aliphatic carboxylic acids is 1. The molecular weight excluding hydrogens is 332 g/mol. The van der Waals surface area contributed by atoms with Crippen molar-refractivity contribution in [1.82, 2.24) is 9.21 Å². The zero-order chi connectivity index (χ0) is 17.9. The van der Waals surface area contributed by atoms with E-state index >= 15 is 0 Å². The van der Waals surface area contributed by atoms with Crippen molar-refractivity contribution in [3.63, 3.8) is 0 Å². The number of carbonyl (C=O) groups is 2. The molecular formula is C16H22N2O5S. The highest BCUT2D eigenvalue weighted by atomic mass is 32.2. The number of hydrogen-bond acceptors (Lipinski definition) is 4. The highest BCUT2D eigenvalue weighted by Crippen LogP contribution is 2.30. The second kappa shape index (κ2) is 7.31. The van der Waals surface area contributed by atoms with Crippen molar-refractivity contribution in [2.75, 3.05) is 25.4 Å². The number of amides is 1. The third-order valence-corrected chi connectivity index (χ3v) is 6.16. The number of hydrogen-bond donors (Lipinski definition) is 1. The van der Waals surface area contributed by atoms with Gasteiger partial charge in [-0.3, -0.25) is 4.79 Å². The number of benzene rings is 1. The molecule has 0 spiro atoms. The Balaban J connectivity index is 2.28. The smallest absolute Gasteiger partial charge is 0.331 e. The van der Waals surface area contributed by atoms with Crippen molar-refractivity contribution in [2.24, 2.45) is 0 Å². The summed E-state index contributed by atoms with van der Waals surface area (Å²) in [6.07, 6.45) is 0.511. The lowest BCUT2D eigenvalue weighted by Gasteiger charge is -2.35. The molecule has 8 heteroatoms. The standard InChI is InChI=1S/C16H22N2O5S/c1-3-17(4-2)24(22,23)11-14(19)18-10-9-12-7-5-6-8-13(12)15(18)16(20)21/h5-8,15H,3-4,9-11H2,1-2H3,(H,20,21). The Morgan fingerprint density at radius 3 is 2.46 bits per heavy atom. The van der Waals surface area contributed by atoms with Crippen LogP contribution in [0.5, 0.6) is 0 Å². The van der Waals surface area contributed by atoms with Gasteiger partial charge in [-0.05, 0) is 17.5 Å². The monoisotopic (exact) mass is 354 g/mol. The molecule has 0 aliphatic carbocycles. The number of nitrogens with zero attached hydrogens (tertiary/aromatic N) is 2. The number of carboxylic acids is 1. The maximum Gasteiger partial charge on any atom is 0.331 e. The summed E-state index contributed by atoms with van der Waals surface area (Å²) < 4.78 is 25.8. The predicted octanol–water partition coefficient (Wildman–Crippen LogP) is 0.869. The van der Waals surface area contributed by atoms with Crippen LogP contribution < -0.4 is 0 Å². The number of carboxylic acid groups (broad SMARTS) is 1. The van der Waals surface area contributed by atoms with E-state index in [2.05, 4.69) is 0 Å². The molecule has 0 saturated carbocycles. The molecule has 0 radical (unpaired) electrons. The van der Waals surface area contributed by atoms with E-state index in [0.717, 1.165) is 10.5 Å². The quantitative estimate of drug-likeness (QED) is 0.818. The molecule has 1 unspecified atom stereocenters. The van der Waals surface area contributed by atoms with E-state index < -0.39 is 33.7 Å². The summed E-state index contributed by atoms with van der Waals surface area (Å²) in [4.78, 5) is 25.4. The Morgan fingerprint density at radius 2 is 1.88 bits per heavy atom. The Labute approximate surface area is 141 Å². The summed E-state index contributed by atoms with van der Waals surface area (Å²) in [7, 11) is -3.75. The fourth-order valence-corrected chi connectivity index (χ4v) is 4.50. The van der Waals surface area contributed by atoms with Crippen molar-refractivity contribution in [2.45, 2.75) is 26.3 Å². The largest absolute Gasteiger partial charge is 0.479 e. The second-order valence-corrected chi connectivity index (χ2v) is 7.59. The van der Waals surface area contributed by atoms with Crippen LogP contribution in [0.15, 0.2) is 24.3 Å². The Morgan fingerprint density at radius 1 is 1.25 bits per heavy atom. The zero-order valence-electron chi connectivity index (χ0n) is 13.8. The van der Waals surface area contributed by atoms with Crippen LogP contribution in [-0.2, 0) is 26.0 Å². The second-order valence-electron chi connectivity index (χ2n) is 5.62. The van der Waals surface area contributed by atoms with Gasteiger partial charge < -0.3 is 10.0 Å². The van der Waals surface area contributed by atoms with Gasteiger partial charge in [0.25, 0.3) is 0 Å². The molecule has 1 amide bonds. The summed E-state index contributed by atoms with van der Waals surface area (Å²) in [5, 5.41) is 9.55. The molecule has 1 N–H and O–H groups in total. The van der Waals surface area contributed by atoms with Crippen LogP contribution in [0, 0.1) is 0 Å². The lowest BCUT2D eigenvalue weighted by Crippen LogP contribution is -2.47. The zero-order valence-corrected chi connectivity index (χ0v) is 14.6. The molecule has 0 bridgehead atoms. The first-order valence-electron chi connectivity index (χ1n) is 7.89. The summed E-state index contributed by atoms with van der Waals surface area (Å²) >= 11 is 0. The third kappa shape index (κ3) is 3.59. The summed E-state index contributed by atoms with van der Waals surface area (Å²) in [6.45, 7) is 4.14. The lowest BCUT2D eigenvalue weighted by molar-refractivity contribution is -0.150. The molecule has 1 aliphatic heterocycles. The maximum absolute atomic E-state index is 12.5. The fraction of sp³-hybridized carbons (Fsp3) is 0.500. The molecule has 1 aliphatic rings. The SMILES string of the molecule is CCN(CC)S(=O)(=O)CC(=O)N1CCc2ccccc2C1C(=O)O. The van der Waals surface area contributed by atoms with Gasteiger partial charge in [0.2, 0.25) is 15.9 Å². The van der Waals surface area contributed by atoms with Gasteiger partial charge in [0.1, 0.15) is 5.75 Å². The van der Waals surface area contributed by atoms with Gasteiger partial charge in [0, 0.05) is 19.6 Å². The summed E-state index contributed by atoms with van der Waals surface area (Å²) in [5.41, 5.74) is 1.42. The van der Waals surface area contributed by atoms with E-state index in [9.17, 15) is 23.1 Å². The minimum absolute atomic E-state index is 0.195. The fourth-order valence-electron chi connectivity index (χ4n) is 3.05. The van der Waals surface area contributed by atoms with Crippen LogP contribution in [-0.4, -0.2) is 60.0 Å². The van der Waals surface area contributed by atoms with Gasteiger partial charge in [-0.1, -0.05) is 38.1 Å². The van der Waals surface area contributed by atoms with E-state index in [1.165, 1.54) is 4.31 Å². The highest BCUT2D eigenvalue weighted by molar-refractivity contribution is 7.89. The first-order valence-corrected chi connectivity index (χ1v) is 9.50. The van der Waals surface area contributed by atoms with Crippen molar-refractivity contribution in [1.29, 1.82) is 0 Å². The average Bonchev–Trinajstić information content (AvgIpc) is 2.53. The summed E-state index contributed by atoms with van der Waals surface area (Å²) in [5.74, 6) is -2.54. The number of fused-ring (bicyclic) bond motifs is 1. The average molecular weight is 354 g/mol. The van der Waals surface area contributed by atoms with Crippen molar-refractivity contribution < 1.29 is 23.1 Å². The number of sulfonamides is 1. The summed E-state index contributed by atoms with van der Waals surface area (Å²) in [6, 6.07) is 5.90. The van der Waals surface area contributed by atoms with Crippen molar-refractivity contribution in [3.05, 3.63) is 35.4 Å². The van der Waals surface area contributed by atoms with Crippen LogP contribution in [0.1, 0.15) is 31.0 Å². The molecule has 1 atom stereocenters. The van der Waals surface area contributed by atoms with E-state index in [-0.39, 0.29) is 19.6 Å². The first-order chi connectivity index (χ1) is 11.3. The molecule has 132 valence electrons. The molecule has 0 fully saturated rings. The molecule has 2 rings (SSSR count). The van der Waals surface area contributed by atoms with Crippen LogP contribution >= 0.6 is 0 Å². The lowest BCUT2D eigenvalue weighted by atomic mass is 9.92. The Hall–Kier alpha value is -1.93. The van der Waals surface area contributed by atoms with Crippen LogP contribution in [0.25, 0.3) is 0 Å². The van der Waals surface area contributed by atoms with Gasteiger partial charge in [-0.25, -0.2) is 17.5 Å². The van der Waals surface area contributed by atoms with Crippen LogP contribution in [0.2, 0.25) is 0 Å². The van der Waals surface area contributed by atoms with Gasteiger partial charge in [0.15, 0.2) is 6.04 Å². The van der Waals surface area contributed by atoms with Crippen molar-refractivity contribution in [3.8, 4) is 0 Å². The minimum atomic E-state index is -3.75. The molecule has 0 saturated heterocycles. The molecule has 0 aromatic heterocycles. The molecule has 1 aromatic carbocycles. The topological polar surface area (TPSA) is 95.0 Å². The molecule has 7 nitrogen and oxygen atoms in total. The van der Waals surface area contributed by atoms with Gasteiger partial charge in [-0.2, -0.15) is 0 Å². The molecule has 1 heterocycles. The number of carbonyl (C=O) groups excluding carboxylic acids is 1. The minimum Gasteiger partial charge on any atom is -0.479 e. The van der Waals surface area contributed by atoms with Gasteiger partial charge in [-0.15, -0.1) is 0 Å². The maximum atomic E-state index is 12.5. The van der Waals surface area contributed by atoms with Gasteiger partial charge >= 0.3 is 5.97 Å². The van der Waals surface area contributed by atoms with Gasteiger partial charge in [0.05, 0.1) is 0 Å². The first kappa shape index (κ1) is 18.4. The van der Waals surface area contributed by atoms with Crippen molar-refractivity contribution >= 4 is 21.9 Å². The van der Waals surface area contributed by atoms with E-state index in [1.54, 1.807) is 26.0 Å². The molecule has 24 heavy (non-hydrogen) atoms. The third-order valence-electron chi connectivity index (χ3n) is 4.24. The Kier molecular flexibility index (Phi) is 5.61. The van der Waals surface area contributed by atoms with E-state index in [4.69, 9.17) is 0 Å². The normalized spacial score (nSPS) is 17.6. The molecule has 1 aromatic rings.